The number of nitrogens with zero attached hydrogens (tertiary/aromatic N) is 2. The van der Waals surface area contributed by atoms with Crippen LogP contribution in [0, 0.1) is 11.6 Å². The van der Waals surface area contributed by atoms with Gasteiger partial charge in [-0.2, -0.15) is 0 Å². The SMILES string of the molecule is CCCc1nnsc1C(Cc1cc(F)cc(F)c1)NC. The zero-order valence-corrected chi connectivity index (χ0v) is 12.3. The Morgan fingerprint density at radius 2 is 1.95 bits per heavy atom. The molecule has 1 atom stereocenters. The van der Waals surface area contributed by atoms with Gasteiger partial charge in [-0.15, -0.1) is 5.10 Å². The molecule has 0 aliphatic heterocycles. The standard InChI is InChI=1S/C14H17F2N3S/c1-3-4-12-14(20-19-18-12)13(17-2)7-9-5-10(15)8-11(16)6-9/h5-6,8,13,17H,3-4,7H2,1-2H3. The molecule has 0 saturated heterocycles. The Bertz CT molecular complexity index is 551. The first-order valence-corrected chi connectivity index (χ1v) is 7.34. The second-order valence-corrected chi connectivity index (χ2v) is 5.44. The van der Waals surface area contributed by atoms with Crippen molar-refractivity contribution in [3.63, 3.8) is 0 Å². The molecule has 0 saturated carbocycles. The van der Waals surface area contributed by atoms with Gasteiger partial charge >= 0.3 is 0 Å². The third kappa shape index (κ3) is 3.58. The van der Waals surface area contributed by atoms with Gasteiger partial charge in [0.25, 0.3) is 0 Å². The molecule has 1 aromatic carbocycles. The van der Waals surface area contributed by atoms with Gasteiger partial charge < -0.3 is 5.32 Å². The summed E-state index contributed by atoms with van der Waals surface area (Å²) in [6.07, 6.45) is 2.36. The second-order valence-electron chi connectivity index (χ2n) is 4.66. The van der Waals surface area contributed by atoms with Gasteiger partial charge in [-0.3, -0.25) is 0 Å². The van der Waals surface area contributed by atoms with Crippen molar-refractivity contribution in [1.82, 2.24) is 14.9 Å². The smallest absolute Gasteiger partial charge is 0.126 e. The highest BCUT2D eigenvalue weighted by atomic mass is 32.1. The van der Waals surface area contributed by atoms with E-state index in [1.165, 1.54) is 23.7 Å². The Hall–Kier alpha value is -1.40. The van der Waals surface area contributed by atoms with Gasteiger partial charge in [0.15, 0.2) is 0 Å². The normalized spacial score (nSPS) is 12.6. The number of aryl methyl sites for hydroxylation is 1. The lowest BCUT2D eigenvalue weighted by Gasteiger charge is -2.15. The Balaban J connectivity index is 2.21. The molecule has 2 aromatic rings. The minimum atomic E-state index is -0.550. The number of hydrogen-bond donors (Lipinski definition) is 1. The second kappa shape index (κ2) is 6.85. The molecule has 0 spiro atoms. The number of hydrogen-bond acceptors (Lipinski definition) is 4. The van der Waals surface area contributed by atoms with E-state index in [1.54, 1.807) is 0 Å². The molecule has 1 aromatic heterocycles. The molecule has 2 rings (SSSR count). The van der Waals surface area contributed by atoms with E-state index in [0.717, 1.165) is 29.5 Å². The summed E-state index contributed by atoms with van der Waals surface area (Å²) in [5.74, 6) is -1.10. The Morgan fingerprint density at radius 1 is 1.25 bits per heavy atom. The fraction of sp³-hybridized carbons (Fsp3) is 0.429. The lowest BCUT2D eigenvalue weighted by molar-refractivity contribution is 0.563. The van der Waals surface area contributed by atoms with E-state index in [1.807, 2.05) is 7.05 Å². The first-order valence-electron chi connectivity index (χ1n) is 6.57. The number of benzene rings is 1. The van der Waals surface area contributed by atoms with Crippen LogP contribution in [0.3, 0.4) is 0 Å². The average Bonchev–Trinajstić information content (AvgIpc) is 2.83. The maximum Gasteiger partial charge on any atom is 0.126 e. The zero-order valence-electron chi connectivity index (χ0n) is 11.5. The van der Waals surface area contributed by atoms with E-state index in [9.17, 15) is 8.78 Å². The molecular weight excluding hydrogens is 280 g/mol. The highest BCUT2D eigenvalue weighted by Gasteiger charge is 2.18. The molecule has 0 fully saturated rings. The van der Waals surface area contributed by atoms with Gasteiger partial charge in [0.05, 0.1) is 10.6 Å². The van der Waals surface area contributed by atoms with Gasteiger partial charge in [0, 0.05) is 12.1 Å². The zero-order chi connectivity index (χ0) is 14.5. The van der Waals surface area contributed by atoms with E-state index in [4.69, 9.17) is 0 Å². The molecule has 20 heavy (non-hydrogen) atoms. The molecule has 0 amide bonds. The fourth-order valence-electron chi connectivity index (χ4n) is 2.18. The van der Waals surface area contributed by atoms with E-state index in [2.05, 4.69) is 21.8 Å². The first-order chi connectivity index (χ1) is 9.63. The van der Waals surface area contributed by atoms with Crippen LogP contribution in [0.4, 0.5) is 8.78 Å². The van der Waals surface area contributed by atoms with Crippen LogP contribution >= 0.6 is 11.5 Å². The van der Waals surface area contributed by atoms with Crippen LogP contribution < -0.4 is 5.32 Å². The molecule has 3 nitrogen and oxygen atoms in total. The molecule has 108 valence electrons. The number of halogens is 2. The topological polar surface area (TPSA) is 37.8 Å². The summed E-state index contributed by atoms with van der Waals surface area (Å²) in [4.78, 5) is 1.04. The van der Waals surface area contributed by atoms with Crippen molar-refractivity contribution >= 4 is 11.5 Å². The minimum Gasteiger partial charge on any atom is -0.312 e. The Labute approximate surface area is 121 Å². The van der Waals surface area contributed by atoms with E-state index >= 15 is 0 Å². The molecule has 1 unspecified atom stereocenters. The predicted molar refractivity (Wildman–Crippen MR) is 75.8 cm³/mol. The third-order valence-corrected chi connectivity index (χ3v) is 3.98. The summed E-state index contributed by atoms with van der Waals surface area (Å²) in [5, 5.41) is 7.31. The van der Waals surface area contributed by atoms with Crippen LogP contribution in [-0.2, 0) is 12.8 Å². The van der Waals surface area contributed by atoms with Crippen molar-refractivity contribution < 1.29 is 8.78 Å². The summed E-state index contributed by atoms with van der Waals surface area (Å²) in [6, 6.07) is 3.58. The number of rotatable bonds is 6. The molecule has 0 bridgehead atoms. The van der Waals surface area contributed by atoms with Gasteiger partial charge in [-0.1, -0.05) is 17.8 Å². The lowest BCUT2D eigenvalue weighted by Crippen LogP contribution is -2.19. The molecule has 6 heteroatoms. The molecule has 0 aliphatic rings. The molecule has 0 radical (unpaired) electrons. The summed E-state index contributed by atoms with van der Waals surface area (Å²) >= 11 is 1.34. The largest absolute Gasteiger partial charge is 0.312 e. The van der Waals surface area contributed by atoms with E-state index in [0.29, 0.717) is 12.0 Å². The van der Waals surface area contributed by atoms with Crippen LogP contribution in [0.25, 0.3) is 0 Å². The predicted octanol–water partition coefficient (Wildman–Crippen LogP) is 3.27. The van der Waals surface area contributed by atoms with Crippen LogP contribution in [0.15, 0.2) is 18.2 Å². The fourth-order valence-corrected chi connectivity index (χ4v) is 2.98. The summed E-state index contributed by atoms with van der Waals surface area (Å²) in [6.45, 7) is 2.08. The van der Waals surface area contributed by atoms with Gasteiger partial charge in [0.2, 0.25) is 0 Å². The van der Waals surface area contributed by atoms with Crippen molar-refractivity contribution in [3.8, 4) is 0 Å². The van der Waals surface area contributed by atoms with Gasteiger partial charge in [-0.25, -0.2) is 8.78 Å². The van der Waals surface area contributed by atoms with Crippen LogP contribution in [-0.4, -0.2) is 16.6 Å². The van der Waals surface area contributed by atoms with Crippen molar-refractivity contribution in [1.29, 1.82) is 0 Å². The minimum absolute atomic E-state index is 0.0299. The maximum absolute atomic E-state index is 13.2. The van der Waals surface area contributed by atoms with Gasteiger partial charge in [-0.05, 0) is 49.1 Å². The van der Waals surface area contributed by atoms with Crippen molar-refractivity contribution in [2.45, 2.75) is 32.2 Å². The third-order valence-electron chi connectivity index (χ3n) is 3.10. The van der Waals surface area contributed by atoms with Crippen molar-refractivity contribution in [3.05, 3.63) is 46.0 Å². The summed E-state index contributed by atoms with van der Waals surface area (Å²) < 4.78 is 30.5. The number of likely N-dealkylation sites (N-methyl/N-ethyl adjacent to an activating group) is 1. The van der Waals surface area contributed by atoms with E-state index in [-0.39, 0.29) is 6.04 Å². The average molecular weight is 297 g/mol. The maximum atomic E-state index is 13.2. The molecule has 1 N–H and O–H groups in total. The van der Waals surface area contributed by atoms with Crippen molar-refractivity contribution in [2.24, 2.45) is 0 Å². The lowest BCUT2D eigenvalue weighted by atomic mass is 10.0. The van der Waals surface area contributed by atoms with Crippen molar-refractivity contribution in [2.75, 3.05) is 7.05 Å². The van der Waals surface area contributed by atoms with Crippen LogP contribution in [0.5, 0.6) is 0 Å². The van der Waals surface area contributed by atoms with Gasteiger partial charge in [0.1, 0.15) is 11.6 Å². The molecule has 0 aliphatic carbocycles. The first kappa shape index (κ1) is 15.0. The number of aromatic nitrogens is 2. The monoisotopic (exact) mass is 297 g/mol. The Kier molecular flexibility index (Phi) is 5.14. The highest BCUT2D eigenvalue weighted by Crippen LogP contribution is 2.25. The van der Waals surface area contributed by atoms with Crippen LogP contribution in [0.1, 0.15) is 35.5 Å². The summed E-state index contributed by atoms with van der Waals surface area (Å²) in [7, 11) is 1.83. The van der Waals surface area contributed by atoms with E-state index < -0.39 is 11.6 Å². The van der Waals surface area contributed by atoms with Crippen LogP contribution in [0.2, 0.25) is 0 Å². The molecular formula is C14H17F2N3S. The summed E-state index contributed by atoms with van der Waals surface area (Å²) in [5.41, 5.74) is 1.59. The number of nitrogens with one attached hydrogen (secondary N) is 1. The quantitative estimate of drug-likeness (QED) is 0.889. The molecule has 1 heterocycles. The Morgan fingerprint density at radius 3 is 2.55 bits per heavy atom. The highest BCUT2D eigenvalue weighted by molar-refractivity contribution is 7.05.